The van der Waals surface area contributed by atoms with E-state index in [0.717, 1.165) is 35.8 Å². The van der Waals surface area contributed by atoms with E-state index >= 15 is 0 Å². The molecule has 0 saturated heterocycles. The fraction of sp³-hybridized carbons (Fsp3) is 0.700. The summed E-state index contributed by atoms with van der Waals surface area (Å²) in [4.78, 5) is 0. The van der Waals surface area contributed by atoms with Gasteiger partial charge in [-0.05, 0) is 75.2 Å². The Balaban J connectivity index is 1.27. The van der Waals surface area contributed by atoms with E-state index in [1.54, 1.807) is 5.56 Å². The predicted molar refractivity (Wildman–Crippen MR) is 88.5 cm³/mol. The lowest BCUT2D eigenvalue weighted by molar-refractivity contribution is 0.200. The molecule has 0 radical (unpaired) electrons. The molecule has 0 amide bonds. The van der Waals surface area contributed by atoms with Crippen LogP contribution in [0.5, 0.6) is 0 Å². The maximum absolute atomic E-state index is 3.95. The van der Waals surface area contributed by atoms with Crippen molar-refractivity contribution in [2.24, 2.45) is 17.8 Å². The summed E-state index contributed by atoms with van der Waals surface area (Å²) in [6.45, 7) is 4.62. The highest BCUT2D eigenvalue weighted by Crippen LogP contribution is 2.50. The first kappa shape index (κ1) is 13.8. The van der Waals surface area contributed by atoms with Crippen molar-refractivity contribution < 1.29 is 0 Å². The van der Waals surface area contributed by atoms with Gasteiger partial charge in [-0.2, -0.15) is 0 Å². The van der Waals surface area contributed by atoms with Crippen LogP contribution in [0.2, 0.25) is 0 Å². The summed E-state index contributed by atoms with van der Waals surface area (Å²) in [5.74, 6) is 3.90. The summed E-state index contributed by atoms with van der Waals surface area (Å²) in [6.07, 6.45) is 8.76. The molecule has 2 bridgehead atoms. The van der Waals surface area contributed by atoms with Gasteiger partial charge in [0.15, 0.2) is 0 Å². The minimum atomic E-state index is 0.740. The van der Waals surface area contributed by atoms with Gasteiger partial charge >= 0.3 is 0 Å². The molecule has 1 heteroatoms. The molecule has 1 nitrogen and oxygen atoms in total. The Morgan fingerprint density at radius 3 is 2.38 bits per heavy atom. The normalized spacial score (nSPS) is 39.2. The summed E-state index contributed by atoms with van der Waals surface area (Å²) in [7, 11) is 0. The van der Waals surface area contributed by atoms with Crippen molar-refractivity contribution >= 4 is 0 Å². The van der Waals surface area contributed by atoms with Gasteiger partial charge in [0.1, 0.15) is 0 Å². The van der Waals surface area contributed by atoms with E-state index in [2.05, 4.69) is 43.4 Å². The lowest BCUT2D eigenvalue weighted by Gasteiger charge is -2.40. The zero-order chi connectivity index (χ0) is 14.4. The van der Waals surface area contributed by atoms with Crippen LogP contribution in [-0.4, -0.2) is 12.1 Å². The second-order valence-corrected chi connectivity index (χ2v) is 8.07. The number of rotatable bonds is 4. The first-order valence-electron chi connectivity index (χ1n) is 9.01. The van der Waals surface area contributed by atoms with Gasteiger partial charge in [0, 0.05) is 12.1 Å². The topological polar surface area (TPSA) is 12.0 Å². The van der Waals surface area contributed by atoms with Crippen LogP contribution >= 0.6 is 0 Å². The molecule has 0 spiro atoms. The summed E-state index contributed by atoms with van der Waals surface area (Å²) < 4.78 is 0. The SMILES string of the molecule is Cc1ccc(C2CC(NC(C)C3CC4CCC3C4)C2)cc1. The molecule has 3 aliphatic rings. The molecular weight excluding hydrogens is 254 g/mol. The summed E-state index contributed by atoms with van der Waals surface area (Å²) >= 11 is 0. The monoisotopic (exact) mass is 283 g/mol. The largest absolute Gasteiger partial charge is 0.311 e. The summed E-state index contributed by atoms with van der Waals surface area (Å²) in [5, 5.41) is 3.95. The molecule has 3 fully saturated rings. The number of nitrogens with one attached hydrogen (secondary N) is 1. The number of aryl methyl sites for hydroxylation is 1. The Hall–Kier alpha value is -0.820. The highest BCUT2D eigenvalue weighted by atomic mass is 15.0. The molecule has 1 aromatic carbocycles. The third-order valence-electron chi connectivity index (χ3n) is 6.62. The van der Waals surface area contributed by atoms with Crippen molar-refractivity contribution in [2.75, 3.05) is 0 Å². The van der Waals surface area contributed by atoms with E-state index in [1.165, 1.54) is 44.1 Å². The molecule has 114 valence electrons. The zero-order valence-corrected chi connectivity index (χ0v) is 13.5. The van der Waals surface area contributed by atoms with Crippen LogP contribution in [-0.2, 0) is 0 Å². The number of fused-ring (bicyclic) bond motifs is 2. The van der Waals surface area contributed by atoms with Crippen molar-refractivity contribution in [3.05, 3.63) is 35.4 Å². The van der Waals surface area contributed by atoms with Crippen LogP contribution in [0.25, 0.3) is 0 Å². The zero-order valence-electron chi connectivity index (χ0n) is 13.5. The minimum absolute atomic E-state index is 0.740. The Kier molecular flexibility index (Phi) is 3.57. The molecule has 21 heavy (non-hydrogen) atoms. The van der Waals surface area contributed by atoms with Crippen molar-refractivity contribution in [1.29, 1.82) is 0 Å². The molecule has 0 heterocycles. The van der Waals surface area contributed by atoms with Crippen LogP contribution in [0.4, 0.5) is 0 Å². The number of benzene rings is 1. The molecule has 4 atom stereocenters. The third-order valence-corrected chi connectivity index (χ3v) is 6.62. The maximum Gasteiger partial charge on any atom is 0.00813 e. The maximum atomic E-state index is 3.95. The Bertz CT molecular complexity index is 485. The van der Waals surface area contributed by atoms with E-state index < -0.39 is 0 Å². The molecule has 3 saturated carbocycles. The highest BCUT2D eigenvalue weighted by molar-refractivity contribution is 5.26. The summed E-state index contributed by atoms with van der Waals surface area (Å²) in [6, 6.07) is 10.7. The fourth-order valence-corrected chi connectivity index (χ4v) is 5.27. The quantitative estimate of drug-likeness (QED) is 0.847. The van der Waals surface area contributed by atoms with Gasteiger partial charge in [-0.25, -0.2) is 0 Å². The van der Waals surface area contributed by atoms with Crippen LogP contribution in [0, 0.1) is 24.7 Å². The van der Waals surface area contributed by atoms with Gasteiger partial charge < -0.3 is 5.32 Å². The molecule has 1 N–H and O–H groups in total. The van der Waals surface area contributed by atoms with Crippen LogP contribution < -0.4 is 5.32 Å². The molecule has 0 aliphatic heterocycles. The molecule has 1 aromatic rings. The van der Waals surface area contributed by atoms with Crippen LogP contribution in [0.3, 0.4) is 0 Å². The average Bonchev–Trinajstić information content (AvgIpc) is 3.06. The Labute approximate surface area is 129 Å². The lowest BCUT2D eigenvalue weighted by Crippen LogP contribution is -2.48. The van der Waals surface area contributed by atoms with E-state index in [4.69, 9.17) is 0 Å². The van der Waals surface area contributed by atoms with Gasteiger partial charge in [-0.3, -0.25) is 0 Å². The van der Waals surface area contributed by atoms with Crippen LogP contribution in [0.15, 0.2) is 24.3 Å². The smallest absolute Gasteiger partial charge is 0.00813 e. The van der Waals surface area contributed by atoms with Gasteiger partial charge in [0.25, 0.3) is 0 Å². The standard InChI is InChI=1S/C20H29N/c1-13-3-6-16(7-4-13)18-11-19(12-18)21-14(2)20-10-15-5-8-17(20)9-15/h3-4,6-7,14-15,17-21H,5,8-12H2,1-2H3. The Morgan fingerprint density at radius 2 is 1.76 bits per heavy atom. The first-order valence-corrected chi connectivity index (χ1v) is 9.01. The summed E-state index contributed by atoms with van der Waals surface area (Å²) in [5.41, 5.74) is 2.92. The second kappa shape index (κ2) is 5.43. The number of hydrogen-bond donors (Lipinski definition) is 1. The Morgan fingerprint density at radius 1 is 1.00 bits per heavy atom. The molecule has 3 aliphatic carbocycles. The third kappa shape index (κ3) is 2.65. The molecular formula is C20H29N. The van der Waals surface area contributed by atoms with Crippen molar-refractivity contribution in [1.82, 2.24) is 5.32 Å². The highest BCUT2D eigenvalue weighted by Gasteiger charge is 2.42. The molecule has 4 rings (SSSR count). The minimum Gasteiger partial charge on any atom is -0.311 e. The van der Waals surface area contributed by atoms with Crippen LogP contribution in [0.1, 0.15) is 62.5 Å². The van der Waals surface area contributed by atoms with Gasteiger partial charge in [-0.1, -0.05) is 36.2 Å². The average molecular weight is 283 g/mol. The van der Waals surface area contributed by atoms with E-state index in [1.807, 2.05) is 0 Å². The fourth-order valence-electron chi connectivity index (χ4n) is 5.27. The molecule has 0 aromatic heterocycles. The molecule has 4 unspecified atom stereocenters. The van der Waals surface area contributed by atoms with Gasteiger partial charge in [0.05, 0.1) is 0 Å². The van der Waals surface area contributed by atoms with E-state index in [9.17, 15) is 0 Å². The van der Waals surface area contributed by atoms with Crippen molar-refractivity contribution in [3.8, 4) is 0 Å². The van der Waals surface area contributed by atoms with E-state index in [0.29, 0.717) is 0 Å². The second-order valence-electron chi connectivity index (χ2n) is 8.07. The number of hydrogen-bond acceptors (Lipinski definition) is 1. The van der Waals surface area contributed by atoms with Crippen molar-refractivity contribution in [2.45, 2.75) is 70.4 Å². The predicted octanol–water partition coefficient (Wildman–Crippen LogP) is 4.66. The van der Waals surface area contributed by atoms with Crippen molar-refractivity contribution in [3.63, 3.8) is 0 Å². The first-order chi connectivity index (χ1) is 10.2. The van der Waals surface area contributed by atoms with E-state index in [-0.39, 0.29) is 0 Å². The van der Waals surface area contributed by atoms with Gasteiger partial charge in [0.2, 0.25) is 0 Å². The lowest BCUT2D eigenvalue weighted by atomic mass is 9.74. The van der Waals surface area contributed by atoms with Gasteiger partial charge in [-0.15, -0.1) is 0 Å².